The molecule has 0 aliphatic carbocycles. The molecule has 0 saturated carbocycles. The van der Waals surface area contributed by atoms with Crippen molar-refractivity contribution in [2.24, 2.45) is 0 Å². The lowest BCUT2D eigenvalue weighted by molar-refractivity contribution is -0.132. The summed E-state index contributed by atoms with van der Waals surface area (Å²) in [5.41, 5.74) is 2.66. The van der Waals surface area contributed by atoms with Crippen LogP contribution in [-0.4, -0.2) is 28.4 Å². The number of aliphatic hydroxyl groups is 1. The molecule has 6 heteroatoms. The summed E-state index contributed by atoms with van der Waals surface area (Å²) in [6.07, 6.45) is 5.67. The molecule has 1 atom stereocenters. The van der Waals surface area contributed by atoms with Crippen LogP contribution >= 0.6 is 0 Å². The highest BCUT2D eigenvalue weighted by molar-refractivity contribution is 6.51. The number of carbonyl (C=O) groups is 2. The number of anilines is 1. The van der Waals surface area contributed by atoms with Gasteiger partial charge in [0, 0.05) is 17.4 Å². The van der Waals surface area contributed by atoms with Crippen molar-refractivity contribution in [3.05, 3.63) is 95.3 Å². The number of nitrogens with zero attached hydrogens (tertiary/aromatic N) is 2. The van der Waals surface area contributed by atoms with Crippen molar-refractivity contribution >= 4 is 23.1 Å². The molecule has 1 aromatic heterocycles. The van der Waals surface area contributed by atoms with Gasteiger partial charge in [0.15, 0.2) is 0 Å². The van der Waals surface area contributed by atoms with Crippen molar-refractivity contribution in [3.63, 3.8) is 0 Å². The van der Waals surface area contributed by atoms with Crippen LogP contribution in [0, 0.1) is 0 Å². The summed E-state index contributed by atoms with van der Waals surface area (Å²) in [5.74, 6) is -0.973. The number of ether oxygens (including phenoxy) is 1. The summed E-state index contributed by atoms with van der Waals surface area (Å²) in [5, 5.41) is 11.2. The Morgan fingerprint density at radius 2 is 1.71 bits per heavy atom. The van der Waals surface area contributed by atoms with Crippen LogP contribution in [0.25, 0.3) is 5.76 Å². The number of ketones is 1. The molecule has 35 heavy (non-hydrogen) atoms. The van der Waals surface area contributed by atoms with E-state index in [-0.39, 0.29) is 11.3 Å². The molecule has 1 amide bonds. The Balaban J connectivity index is 1.72. The zero-order valence-electron chi connectivity index (χ0n) is 20.1. The molecule has 2 heterocycles. The molecule has 0 bridgehead atoms. The number of pyridine rings is 1. The fraction of sp³-hybridized carbons (Fsp3) is 0.276. The van der Waals surface area contributed by atoms with Gasteiger partial charge >= 0.3 is 0 Å². The van der Waals surface area contributed by atoms with Gasteiger partial charge in [-0.25, -0.2) is 0 Å². The van der Waals surface area contributed by atoms with Crippen LogP contribution < -0.4 is 9.64 Å². The van der Waals surface area contributed by atoms with Crippen LogP contribution in [0.1, 0.15) is 56.0 Å². The second-order valence-corrected chi connectivity index (χ2v) is 8.52. The minimum absolute atomic E-state index is 0.0184. The Morgan fingerprint density at radius 3 is 2.34 bits per heavy atom. The van der Waals surface area contributed by atoms with Crippen molar-refractivity contribution in [1.82, 2.24) is 4.98 Å². The fourth-order valence-corrected chi connectivity index (χ4v) is 4.22. The molecule has 1 saturated heterocycles. The second-order valence-electron chi connectivity index (χ2n) is 8.52. The van der Waals surface area contributed by atoms with Gasteiger partial charge in [0.25, 0.3) is 11.7 Å². The largest absolute Gasteiger partial charge is 0.507 e. The number of carbonyl (C=O) groups excluding carboxylic acids is 2. The summed E-state index contributed by atoms with van der Waals surface area (Å²) in [4.78, 5) is 32.3. The Kier molecular flexibility index (Phi) is 7.60. The van der Waals surface area contributed by atoms with Crippen LogP contribution in [0.3, 0.4) is 0 Å². The molecule has 1 unspecified atom stereocenters. The maximum absolute atomic E-state index is 13.2. The standard InChI is InChI=1S/C29H30N2O4/c1-3-5-8-19-35-23-16-12-21(13-17-23)27(32)25-26(24-9-6-7-18-30-24)31(29(34)28(25)33)22-14-10-20(4-2)11-15-22/h6-7,9-18,26,32H,3-5,8,19H2,1-2H3/b27-25-. The highest BCUT2D eigenvalue weighted by Gasteiger charge is 2.47. The third kappa shape index (κ3) is 5.11. The number of aryl methyl sites for hydroxylation is 1. The van der Waals surface area contributed by atoms with E-state index in [1.165, 1.54) is 4.90 Å². The van der Waals surface area contributed by atoms with Gasteiger partial charge in [-0.05, 0) is 66.9 Å². The smallest absolute Gasteiger partial charge is 0.300 e. The molecular weight excluding hydrogens is 440 g/mol. The minimum Gasteiger partial charge on any atom is -0.507 e. The van der Waals surface area contributed by atoms with Crippen LogP contribution in [0.4, 0.5) is 5.69 Å². The Labute approximate surface area is 205 Å². The van der Waals surface area contributed by atoms with Gasteiger partial charge in [0.2, 0.25) is 0 Å². The average molecular weight is 471 g/mol. The SMILES string of the molecule is CCCCCOc1ccc(/C(O)=C2/C(=O)C(=O)N(c3ccc(CC)cc3)C2c2ccccn2)cc1. The van der Waals surface area contributed by atoms with Crippen molar-refractivity contribution < 1.29 is 19.4 Å². The zero-order valence-corrected chi connectivity index (χ0v) is 20.1. The predicted molar refractivity (Wildman–Crippen MR) is 136 cm³/mol. The van der Waals surface area contributed by atoms with Gasteiger partial charge in [0.05, 0.1) is 17.9 Å². The molecule has 6 nitrogen and oxygen atoms in total. The van der Waals surface area contributed by atoms with Gasteiger partial charge in [-0.1, -0.05) is 44.9 Å². The minimum atomic E-state index is -0.839. The molecular formula is C29H30N2O4. The van der Waals surface area contributed by atoms with Gasteiger partial charge in [-0.3, -0.25) is 19.5 Å². The number of hydrogen-bond acceptors (Lipinski definition) is 5. The molecule has 180 valence electrons. The number of unbranched alkanes of at least 4 members (excludes halogenated alkanes) is 2. The van der Waals surface area contributed by atoms with E-state index in [1.807, 2.05) is 24.3 Å². The topological polar surface area (TPSA) is 79.7 Å². The number of Topliss-reactive ketones (excluding diaryl/α,β-unsaturated/α-hetero) is 1. The van der Waals surface area contributed by atoms with Crippen LogP contribution in [0.2, 0.25) is 0 Å². The molecule has 1 aliphatic rings. The fourth-order valence-electron chi connectivity index (χ4n) is 4.22. The monoisotopic (exact) mass is 470 g/mol. The van der Waals surface area contributed by atoms with E-state index in [0.717, 1.165) is 31.2 Å². The molecule has 1 aliphatic heterocycles. The van der Waals surface area contributed by atoms with E-state index in [0.29, 0.717) is 29.3 Å². The third-order valence-electron chi connectivity index (χ3n) is 6.18. The summed E-state index contributed by atoms with van der Waals surface area (Å²) in [6.45, 7) is 4.82. The van der Waals surface area contributed by atoms with Gasteiger partial charge in [-0.2, -0.15) is 0 Å². The zero-order chi connectivity index (χ0) is 24.8. The van der Waals surface area contributed by atoms with E-state index in [2.05, 4.69) is 18.8 Å². The second kappa shape index (κ2) is 11.0. The summed E-state index contributed by atoms with van der Waals surface area (Å²) < 4.78 is 5.75. The Morgan fingerprint density at radius 1 is 0.971 bits per heavy atom. The molecule has 2 aromatic carbocycles. The number of rotatable bonds is 9. The lowest BCUT2D eigenvalue weighted by Crippen LogP contribution is -2.29. The first kappa shape index (κ1) is 24.2. The van der Waals surface area contributed by atoms with Crippen molar-refractivity contribution in [3.8, 4) is 5.75 Å². The summed E-state index contributed by atoms with van der Waals surface area (Å²) in [7, 11) is 0. The maximum atomic E-state index is 13.2. The third-order valence-corrected chi connectivity index (χ3v) is 6.18. The molecule has 1 fully saturated rings. The van der Waals surface area contributed by atoms with E-state index in [9.17, 15) is 14.7 Å². The van der Waals surface area contributed by atoms with Crippen molar-refractivity contribution in [2.45, 2.75) is 45.6 Å². The van der Waals surface area contributed by atoms with Crippen molar-refractivity contribution in [2.75, 3.05) is 11.5 Å². The predicted octanol–water partition coefficient (Wildman–Crippen LogP) is 5.84. The first-order valence-electron chi connectivity index (χ1n) is 12.1. The number of aliphatic hydroxyl groups excluding tert-OH is 1. The Hall–Kier alpha value is -3.93. The highest BCUT2D eigenvalue weighted by atomic mass is 16.5. The average Bonchev–Trinajstić information content (AvgIpc) is 3.17. The van der Waals surface area contributed by atoms with Crippen LogP contribution in [-0.2, 0) is 16.0 Å². The Bertz CT molecular complexity index is 1200. The van der Waals surface area contributed by atoms with Crippen LogP contribution in [0.5, 0.6) is 5.75 Å². The molecule has 3 aromatic rings. The molecule has 4 rings (SSSR count). The lowest BCUT2D eigenvalue weighted by atomic mass is 9.98. The highest BCUT2D eigenvalue weighted by Crippen LogP contribution is 2.41. The van der Waals surface area contributed by atoms with Gasteiger partial charge in [0.1, 0.15) is 17.6 Å². The number of benzene rings is 2. The maximum Gasteiger partial charge on any atom is 0.300 e. The van der Waals surface area contributed by atoms with Gasteiger partial charge < -0.3 is 9.84 Å². The van der Waals surface area contributed by atoms with E-state index in [1.54, 1.807) is 48.7 Å². The quantitative estimate of drug-likeness (QED) is 0.184. The van der Waals surface area contributed by atoms with E-state index < -0.39 is 17.7 Å². The normalized spacial score (nSPS) is 17.1. The van der Waals surface area contributed by atoms with E-state index >= 15 is 0 Å². The molecule has 1 N–H and O–H groups in total. The number of aromatic nitrogens is 1. The van der Waals surface area contributed by atoms with Crippen molar-refractivity contribution in [1.29, 1.82) is 0 Å². The first-order valence-corrected chi connectivity index (χ1v) is 12.1. The first-order chi connectivity index (χ1) is 17.0. The number of hydrogen-bond donors (Lipinski definition) is 1. The molecule has 0 spiro atoms. The number of amides is 1. The summed E-state index contributed by atoms with van der Waals surface area (Å²) in [6, 6.07) is 18.9. The van der Waals surface area contributed by atoms with E-state index in [4.69, 9.17) is 4.74 Å². The summed E-state index contributed by atoms with van der Waals surface area (Å²) >= 11 is 0. The molecule has 0 radical (unpaired) electrons. The lowest BCUT2D eigenvalue weighted by Gasteiger charge is -2.24. The van der Waals surface area contributed by atoms with Gasteiger partial charge in [-0.15, -0.1) is 0 Å². The van der Waals surface area contributed by atoms with Crippen LogP contribution in [0.15, 0.2) is 78.5 Å².